The van der Waals surface area contributed by atoms with E-state index in [-0.39, 0.29) is 12.0 Å². The highest BCUT2D eigenvalue weighted by molar-refractivity contribution is 7.98. The molecule has 140 valence electrons. The first-order valence-corrected chi connectivity index (χ1v) is 10.6. The summed E-state index contributed by atoms with van der Waals surface area (Å²) in [6.45, 7) is 3.23. The Morgan fingerprint density at radius 3 is 2.78 bits per heavy atom. The molecule has 0 aliphatic carbocycles. The van der Waals surface area contributed by atoms with Crippen LogP contribution in [0.3, 0.4) is 0 Å². The molecule has 0 saturated heterocycles. The third-order valence-corrected chi connectivity index (χ3v) is 6.02. The number of amides is 1. The Labute approximate surface area is 167 Å². The van der Waals surface area contributed by atoms with Crippen LogP contribution < -0.4 is 10.1 Å². The topological polar surface area (TPSA) is 43.3 Å². The lowest BCUT2D eigenvalue weighted by atomic mass is 10.2. The number of thioether (sulfide) groups is 1. The van der Waals surface area contributed by atoms with E-state index in [9.17, 15) is 4.79 Å². The summed E-state index contributed by atoms with van der Waals surface area (Å²) in [5.41, 5.74) is 2.60. The van der Waals surface area contributed by atoms with E-state index in [2.05, 4.69) is 24.4 Å². The van der Waals surface area contributed by atoms with Crippen molar-refractivity contribution in [2.24, 2.45) is 0 Å². The summed E-state index contributed by atoms with van der Waals surface area (Å²) in [7, 11) is 0. The van der Waals surface area contributed by atoms with Crippen LogP contribution >= 0.6 is 23.4 Å². The van der Waals surface area contributed by atoms with Gasteiger partial charge in [-0.2, -0.15) is 0 Å². The normalized spacial score (nSPS) is 15.6. The quantitative estimate of drug-likeness (QED) is 0.604. The van der Waals surface area contributed by atoms with E-state index >= 15 is 0 Å². The molecule has 0 unspecified atom stereocenters. The van der Waals surface area contributed by atoms with E-state index in [0.717, 1.165) is 28.6 Å². The van der Waals surface area contributed by atoms with E-state index in [4.69, 9.17) is 16.3 Å². The Kier molecular flexibility index (Phi) is 5.06. The number of hydrogen-bond acceptors (Lipinski definition) is 3. The van der Waals surface area contributed by atoms with E-state index in [1.165, 1.54) is 4.90 Å². The van der Waals surface area contributed by atoms with Crippen LogP contribution in [0.1, 0.15) is 29.4 Å². The maximum atomic E-state index is 12.9. The molecule has 0 fully saturated rings. The number of halogens is 1. The fraction of sp³-hybridized carbons (Fsp3) is 0.286. The van der Waals surface area contributed by atoms with Gasteiger partial charge in [-0.1, -0.05) is 30.7 Å². The largest absolute Gasteiger partial charge is 0.486 e. The molecule has 4 rings (SSSR count). The third-order valence-electron chi connectivity index (χ3n) is 4.95. The van der Waals surface area contributed by atoms with E-state index < -0.39 is 0 Å². The van der Waals surface area contributed by atoms with Crippen molar-refractivity contribution < 1.29 is 9.53 Å². The van der Waals surface area contributed by atoms with Crippen molar-refractivity contribution in [3.05, 3.63) is 58.7 Å². The lowest BCUT2D eigenvalue weighted by molar-refractivity contribution is 0.0935. The number of nitrogens with zero attached hydrogens (tertiary/aromatic N) is 1. The zero-order chi connectivity index (χ0) is 19.0. The summed E-state index contributed by atoms with van der Waals surface area (Å²) in [5, 5.41) is 4.53. The van der Waals surface area contributed by atoms with Crippen LogP contribution in [-0.4, -0.2) is 22.8 Å². The highest BCUT2D eigenvalue weighted by atomic mass is 35.5. The fourth-order valence-electron chi connectivity index (χ4n) is 3.44. The first kappa shape index (κ1) is 18.3. The van der Waals surface area contributed by atoms with Gasteiger partial charge in [0.05, 0.1) is 17.1 Å². The molecule has 0 spiro atoms. The van der Waals surface area contributed by atoms with Crippen LogP contribution in [0.4, 0.5) is 0 Å². The molecule has 1 atom stereocenters. The Balaban J connectivity index is 1.62. The second kappa shape index (κ2) is 7.49. The van der Waals surface area contributed by atoms with Crippen molar-refractivity contribution in [2.75, 3.05) is 6.26 Å². The Morgan fingerprint density at radius 2 is 2.07 bits per heavy atom. The molecule has 1 aliphatic rings. The van der Waals surface area contributed by atoms with Crippen molar-refractivity contribution in [3.8, 4) is 5.75 Å². The molecule has 1 N–H and O–H groups in total. The molecule has 4 nitrogen and oxygen atoms in total. The van der Waals surface area contributed by atoms with Gasteiger partial charge in [0.15, 0.2) is 0 Å². The number of aromatic nitrogens is 1. The molecular weight excluding hydrogens is 380 g/mol. The van der Waals surface area contributed by atoms with Gasteiger partial charge in [0, 0.05) is 16.8 Å². The lowest BCUT2D eigenvalue weighted by Gasteiger charge is -2.26. The average molecular weight is 401 g/mol. The van der Waals surface area contributed by atoms with Crippen LogP contribution in [0.25, 0.3) is 10.9 Å². The van der Waals surface area contributed by atoms with Crippen LogP contribution in [0, 0.1) is 0 Å². The van der Waals surface area contributed by atoms with E-state index in [0.29, 0.717) is 23.8 Å². The zero-order valence-electron chi connectivity index (χ0n) is 15.3. The summed E-state index contributed by atoms with van der Waals surface area (Å²) in [6.07, 6.45) is 2.98. The Hall–Kier alpha value is -2.11. The number of carbonyl (C=O) groups is 1. The molecule has 1 amide bonds. The number of ether oxygens (including phenoxy) is 1. The summed E-state index contributed by atoms with van der Waals surface area (Å²) >= 11 is 8.07. The van der Waals surface area contributed by atoms with E-state index in [1.807, 2.05) is 41.2 Å². The number of rotatable bonds is 5. The van der Waals surface area contributed by atoms with E-state index in [1.54, 1.807) is 11.8 Å². The molecule has 2 aromatic carbocycles. The molecule has 0 saturated carbocycles. The Morgan fingerprint density at radius 1 is 1.30 bits per heavy atom. The van der Waals surface area contributed by atoms with Gasteiger partial charge in [0.1, 0.15) is 17.5 Å². The van der Waals surface area contributed by atoms with Gasteiger partial charge in [-0.3, -0.25) is 4.79 Å². The fourth-order valence-corrected chi connectivity index (χ4v) is 4.05. The molecule has 0 bridgehead atoms. The maximum Gasteiger partial charge on any atom is 0.268 e. The van der Waals surface area contributed by atoms with Gasteiger partial charge < -0.3 is 14.6 Å². The average Bonchev–Trinajstić information content (AvgIpc) is 3.10. The summed E-state index contributed by atoms with van der Waals surface area (Å²) in [4.78, 5) is 14.1. The smallest absolute Gasteiger partial charge is 0.268 e. The highest BCUT2D eigenvalue weighted by Gasteiger charge is 2.26. The number of nitrogens with one attached hydrogen (secondary N) is 1. The van der Waals surface area contributed by atoms with Crippen molar-refractivity contribution in [3.63, 3.8) is 0 Å². The van der Waals surface area contributed by atoms with Crippen LogP contribution in [-0.2, 0) is 13.1 Å². The number of hydrogen-bond donors (Lipinski definition) is 1. The molecule has 3 aromatic rings. The highest BCUT2D eigenvalue weighted by Crippen LogP contribution is 2.38. The van der Waals surface area contributed by atoms with Gasteiger partial charge in [-0.25, -0.2) is 0 Å². The minimum atomic E-state index is -0.0982. The zero-order valence-corrected chi connectivity index (χ0v) is 16.9. The standard InChI is InChI=1S/C21H21ClN2O2S/c1-3-14-12-24-18(10-16-17(22)8-9-19(26-14)20(16)24)21(25)23-11-13-4-6-15(27-2)7-5-13/h4-10,14H,3,11-12H2,1-2H3,(H,23,25)/t14-/m0/s1. The van der Waals surface area contributed by atoms with Crippen molar-refractivity contribution in [1.29, 1.82) is 0 Å². The Bertz CT molecular complexity index is 998. The van der Waals surface area contributed by atoms with Crippen molar-refractivity contribution in [1.82, 2.24) is 9.88 Å². The predicted octanol–water partition coefficient (Wildman–Crippen LogP) is 5.12. The lowest BCUT2D eigenvalue weighted by Crippen LogP contribution is -2.31. The minimum absolute atomic E-state index is 0.0555. The van der Waals surface area contributed by atoms with Gasteiger partial charge >= 0.3 is 0 Å². The molecule has 2 heterocycles. The maximum absolute atomic E-state index is 12.9. The van der Waals surface area contributed by atoms with Crippen LogP contribution in [0.5, 0.6) is 5.75 Å². The SMILES string of the molecule is CC[C@H]1Cn2c(C(=O)NCc3ccc(SC)cc3)cc3c(Cl)ccc(c32)O1. The third kappa shape index (κ3) is 3.42. The van der Waals surface area contributed by atoms with Crippen LogP contribution in [0.15, 0.2) is 47.4 Å². The minimum Gasteiger partial charge on any atom is -0.486 e. The van der Waals surface area contributed by atoms with Crippen LogP contribution in [0.2, 0.25) is 5.02 Å². The molecule has 27 heavy (non-hydrogen) atoms. The number of benzene rings is 2. The second-order valence-corrected chi connectivity index (χ2v) is 7.91. The van der Waals surface area contributed by atoms with Gasteiger partial charge in [-0.15, -0.1) is 11.8 Å². The molecule has 6 heteroatoms. The summed E-state index contributed by atoms with van der Waals surface area (Å²) < 4.78 is 8.08. The van der Waals surface area contributed by atoms with Gasteiger partial charge in [-0.05, 0) is 48.6 Å². The van der Waals surface area contributed by atoms with Gasteiger partial charge in [0.2, 0.25) is 0 Å². The first-order chi connectivity index (χ1) is 13.1. The molecule has 0 radical (unpaired) electrons. The summed E-state index contributed by atoms with van der Waals surface area (Å²) in [5.74, 6) is 0.693. The molecule has 1 aromatic heterocycles. The summed E-state index contributed by atoms with van der Waals surface area (Å²) in [6, 6.07) is 13.8. The van der Waals surface area contributed by atoms with Crippen molar-refractivity contribution >= 4 is 40.2 Å². The predicted molar refractivity (Wildman–Crippen MR) is 111 cm³/mol. The van der Waals surface area contributed by atoms with Gasteiger partial charge in [0.25, 0.3) is 5.91 Å². The number of carbonyl (C=O) groups excluding carboxylic acids is 1. The molecule has 1 aliphatic heterocycles. The second-order valence-electron chi connectivity index (χ2n) is 6.63. The first-order valence-electron chi connectivity index (χ1n) is 9.00. The van der Waals surface area contributed by atoms with Crippen molar-refractivity contribution in [2.45, 2.75) is 37.4 Å². The molecular formula is C21H21ClN2O2S. The monoisotopic (exact) mass is 400 g/mol.